The van der Waals surface area contributed by atoms with Gasteiger partial charge in [0.2, 0.25) is 0 Å². The van der Waals surface area contributed by atoms with Gasteiger partial charge in [-0.25, -0.2) is 0 Å². The number of rotatable bonds is 7. The van der Waals surface area contributed by atoms with Crippen molar-refractivity contribution in [3.63, 3.8) is 0 Å². The molecule has 0 aliphatic carbocycles. The SMILES string of the molecule is CO[Si](CCCC(C)N)(OC)OC. The van der Waals surface area contributed by atoms with Gasteiger partial charge in [-0.15, -0.1) is 0 Å². The predicted octanol–water partition coefficient (Wildman–Crippen LogP) is 0.992. The van der Waals surface area contributed by atoms with Gasteiger partial charge in [0.15, 0.2) is 0 Å². The van der Waals surface area contributed by atoms with Gasteiger partial charge in [-0.3, -0.25) is 0 Å². The maximum atomic E-state index is 5.64. The molecule has 0 aromatic carbocycles. The molecular weight excluding hydrogens is 186 g/mol. The van der Waals surface area contributed by atoms with Crippen LogP contribution in [0.15, 0.2) is 0 Å². The minimum atomic E-state index is -2.34. The van der Waals surface area contributed by atoms with Crippen molar-refractivity contribution >= 4 is 8.80 Å². The zero-order valence-electron chi connectivity index (χ0n) is 9.00. The molecule has 0 saturated carbocycles. The molecule has 5 heteroatoms. The molecule has 0 heterocycles. The van der Waals surface area contributed by atoms with Crippen molar-refractivity contribution in [3.05, 3.63) is 0 Å². The Morgan fingerprint density at radius 2 is 1.62 bits per heavy atom. The van der Waals surface area contributed by atoms with Gasteiger partial charge in [0.25, 0.3) is 0 Å². The summed E-state index contributed by atoms with van der Waals surface area (Å²) in [6, 6.07) is 1.06. The maximum Gasteiger partial charge on any atom is 0.500 e. The van der Waals surface area contributed by atoms with Crippen molar-refractivity contribution in [1.29, 1.82) is 0 Å². The molecule has 0 aromatic rings. The zero-order chi connectivity index (χ0) is 10.3. The fourth-order valence-electron chi connectivity index (χ4n) is 1.20. The van der Waals surface area contributed by atoms with Crippen molar-refractivity contribution in [2.75, 3.05) is 21.3 Å². The third-order valence-electron chi connectivity index (χ3n) is 2.08. The summed E-state index contributed by atoms with van der Waals surface area (Å²) in [6.45, 7) is 2.00. The van der Waals surface area contributed by atoms with Gasteiger partial charge >= 0.3 is 8.80 Å². The van der Waals surface area contributed by atoms with E-state index in [1.807, 2.05) is 6.92 Å². The molecular formula is C8H21NO3Si. The fourth-order valence-corrected chi connectivity index (χ4v) is 2.95. The molecule has 0 radical (unpaired) electrons. The van der Waals surface area contributed by atoms with Crippen molar-refractivity contribution in [2.24, 2.45) is 5.73 Å². The average Bonchev–Trinajstić information content (AvgIpc) is 2.13. The summed E-state index contributed by atoms with van der Waals surface area (Å²) in [5.74, 6) is 0. The van der Waals surface area contributed by atoms with Crippen LogP contribution in [-0.2, 0) is 13.3 Å². The summed E-state index contributed by atoms with van der Waals surface area (Å²) in [7, 11) is 2.55. The zero-order valence-corrected chi connectivity index (χ0v) is 10.0. The van der Waals surface area contributed by atoms with E-state index in [4.69, 9.17) is 19.0 Å². The smallest absolute Gasteiger partial charge is 0.377 e. The molecule has 0 aliphatic rings. The first-order chi connectivity index (χ1) is 6.10. The Morgan fingerprint density at radius 1 is 1.15 bits per heavy atom. The van der Waals surface area contributed by atoms with Crippen LogP contribution in [0.3, 0.4) is 0 Å². The van der Waals surface area contributed by atoms with Crippen LogP contribution < -0.4 is 5.73 Å². The molecule has 13 heavy (non-hydrogen) atoms. The van der Waals surface area contributed by atoms with Crippen LogP contribution in [0.25, 0.3) is 0 Å². The second kappa shape index (κ2) is 6.50. The van der Waals surface area contributed by atoms with Crippen molar-refractivity contribution in [2.45, 2.75) is 31.9 Å². The Bertz CT molecular complexity index is 120. The first-order valence-corrected chi connectivity index (χ1v) is 6.44. The quantitative estimate of drug-likeness (QED) is 0.633. The first kappa shape index (κ1) is 13.1. The van der Waals surface area contributed by atoms with E-state index >= 15 is 0 Å². The van der Waals surface area contributed by atoms with Crippen LogP contribution >= 0.6 is 0 Å². The molecule has 0 fully saturated rings. The van der Waals surface area contributed by atoms with E-state index in [9.17, 15) is 0 Å². The number of hydrogen-bond donors (Lipinski definition) is 1. The van der Waals surface area contributed by atoms with Gasteiger partial charge in [0, 0.05) is 33.4 Å². The summed E-state index contributed by atoms with van der Waals surface area (Å²) in [5, 5.41) is 0. The van der Waals surface area contributed by atoms with Crippen molar-refractivity contribution in [3.8, 4) is 0 Å². The van der Waals surface area contributed by atoms with E-state index in [0.29, 0.717) is 0 Å². The summed E-state index contributed by atoms with van der Waals surface area (Å²) >= 11 is 0. The van der Waals surface area contributed by atoms with E-state index in [0.717, 1.165) is 18.9 Å². The largest absolute Gasteiger partial charge is 0.500 e. The van der Waals surface area contributed by atoms with Gasteiger partial charge in [-0.05, 0) is 19.8 Å². The van der Waals surface area contributed by atoms with Crippen molar-refractivity contribution in [1.82, 2.24) is 0 Å². The minimum Gasteiger partial charge on any atom is -0.377 e. The Kier molecular flexibility index (Phi) is 6.53. The lowest BCUT2D eigenvalue weighted by atomic mass is 10.2. The summed E-state index contributed by atoms with van der Waals surface area (Å²) in [4.78, 5) is 0. The highest BCUT2D eigenvalue weighted by Gasteiger charge is 2.36. The normalized spacial score (nSPS) is 14.5. The van der Waals surface area contributed by atoms with Crippen LogP contribution in [0, 0.1) is 0 Å². The molecule has 0 spiro atoms. The molecule has 0 amide bonds. The highest BCUT2D eigenvalue weighted by Crippen LogP contribution is 2.16. The molecule has 2 N–H and O–H groups in total. The molecule has 0 rings (SSSR count). The lowest BCUT2D eigenvalue weighted by Gasteiger charge is -2.24. The second-order valence-electron chi connectivity index (χ2n) is 3.16. The highest BCUT2D eigenvalue weighted by molar-refractivity contribution is 6.60. The Morgan fingerprint density at radius 3 is 1.92 bits per heavy atom. The summed E-state index contributed by atoms with van der Waals surface area (Å²) in [5.41, 5.74) is 5.64. The van der Waals surface area contributed by atoms with Gasteiger partial charge in [0.1, 0.15) is 0 Å². The van der Waals surface area contributed by atoms with Gasteiger partial charge in [-0.1, -0.05) is 0 Å². The monoisotopic (exact) mass is 207 g/mol. The molecule has 80 valence electrons. The highest BCUT2D eigenvalue weighted by atomic mass is 28.4. The molecule has 1 unspecified atom stereocenters. The van der Waals surface area contributed by atoms with Gasteiger partial charge < -0.3 is 19.0 Å². The van der Waals surface area contributed by atoms with E-state index in [1.165, 1.54) is 0 Å². The summed E-state index contributed by atoms with van der Waals surface area (Å²) < 4.78 is 15.8. The first-order valence-electron chi connectivity index (χ1n) is 4.51. The predicted molar refractivity (Wildman–Crippen MR) is 54.5 cm³/mol. The van der Waals surface area contributed by atoms with Crippen LogP contribution in [-0.4, -0.2) is 36.2 Å². The van der Waals surface area contributed by atoms with Crippen LogP contribution in [0.2, 0.25) is 6.04 Å². The third-order valence-corrected chi connectivity index (χ3v) is 4.91. The van der Waals surface area contributed by atoms with Crippen LogP contribution in [0.1, 0.15) is 19.8 Å². The molecule has 0 saturated heterocycles. The molecule has 0 aliphatic heterocycles. The number of hydrogen-bond acceptors (Lipinski definition) is 4. The van der Waals surface area contributed by atoms with Gasteiger partial charge in [-0.2, -0.15) is 0 Å². The topological polar surface area (TPSA) is 53.7 Å². The lowest BCUT2D eigenvalue weighted by molar-refractivity contribution is 0.122. The Hall–Kier alpha value is 0.0569. The Labute approximate surface area is 81.7 Å². The minimum absolute atomic E-state index is 0.234. The molecule has 1 atom stereocenters. The van der Waals surface area contributed by atoms with E-state index in [2.05, 4.69) is 0 Å². The van der Waals surface area contributed by atoms with E-state index in [1.54, 1.807) is 21.3 Å². The van der Waals surface area contributed by atoms with Crippen molar-refractivity contribution < 1.29 is 13.3 Å². The maximum absolute atomic E-state index is 5.64. The lowest BCUT2D eigenvalue weighted by Crippen LogP contribution is -2.42. The number of nitrogens with two attached hydrogens (primary N) is 1. The molecule has 0 aromatic heterocycles. The summed E-state index contributed by atoms with van der Waals surface area (Å²) in [6.07, 6.45) is 1.96. The second-order valence-corrected chi connectivity index (χ2v) is 6.26. The standard InChI is InChI=1S/C8H21NO3Si/c1-8(9)6-5-7-13(10-2,11-3)12-4/h8H,5-7,9H2,1-4H3. The average molecular weight is 207 g/mol. The van der Waals surface area contributed by atoms with E-state index < -0.39 is 8.80 Å². The Balaban J connectivity index is 3.81. The third kappa shape index (κ3) is 4.73. The van der Waals surface area contributed by atoms with Gasteiger partial charge in [0.05, 0.1) is 0 Å². The van der Waals surface area contributed by atoms with E-state index in [-0.39, 0.29) is 6.04 Å². The van der Waals surface area contributed by atoms with Crippen LogP contribution in [0.4, 0.5) is 0 Å². The molecule has 0 bridgehead atoms. The fraction of sp³-hybridized carbons (Fsp3) is 1.00. The molecule has 4 nitrogen and oxygen atoms in total. The van der Waals surface area contributed by atoms with Crippen LogP contribution in [0.5, 0.6) is 0 Å².